The zero-order valence-electron chi connectivity index (χ0n) is 17.0. The van der Waals surface area contributed by atoms with Crippen molar-refractivity contribution in [1.29, 1.82) is 0 Å². The van der Waals surface area contributed by atoms with Crippen LogP contribution in [0.4, 0.5) is 4.79 Å². The van der Waals surface area contributed by atoms with Crippen LogP contribution in [-0.4, -0.2) is 25.0 Å². The van der Waals surface area contributed by atoms with Crippen molar-refractivity contribution < 1.29 is 17.9 Å². The van der Waals surface area contributed by atoms with Gasteiger partial charge in [-0.25, -0.2) is 17.2 Å². The van der Waals surface area contributed by atoms with Gasteiger partial charge in [-0.15, -0.1) is 0 Å². The van der Waals surface area contributed by atoms with Gasteiger partial charge in [0.05, 0.1) is 10.4 Å². The maximum Gasteiger partial charge on any atom is 0.412 e. The number of benzene rings is 3. The first-order chi connectivity index (χ1) is 14.9. The minimum atomic E-state index is -3.70. The highest BCUT2D eigenvalue weighted by Crippen LogP contribution is 2.23. The van der Waals surface area contributed by atoms with Crippen molar-refractivity contribution in [2.75, 3.05) is 6.54 Å². The monoisotopic (exact) mass is 434 g/mol. The summed E-state index contributed by atoms with van der Waals surface area (Å²) < 4.78 is 32.7. The molecule has 0 unspecified atom stereocenters. The Kier molecular flexibility index (Phi) is 5.77. The SMILES string of the molecule is Cc1ccc(S(=O)(=O)n2ccc3ccc(CCNC(=O)Oc4ccccc4)cc32)cc1. The molecule has 0 aliphatic carbocycles. The van der Waals surface area contributed by atoms with Gasteiger partial charge < -0.3 is 10.1 Å². The number of hydrogen-bond acceptors (Lipinski definition) is 4. The van der Waals surface area contributed by atoms with Crippen molar-refractivity contribution in [1.82, 2.24) is 9.29 Å². The number of hydrogen-bond donors (Lipinski definition) is 1. The molecule has 0 aliphatic rings. The fourth-order valence-electron chi connectivity index (χ4n) is 3.28. The first-order valence-corrected chi connectivity index (χ1v) is 11.3. The van der Waals surface area contributed by atoms with E-state index in [2.05, 4.69) is 5.32 Å². The number of nitrogens with one attached hydrogen (secondary N) is 1. The highest BCUT2D eigenvalue weighted by molar-refractivity contribution is 7.90. The molecule has 1 aromatic heterocycles. The van der Waals surface area contributed by atoms with Gasteiger partial charge in [0.15, 0.2) is 0 Å². The Morgan fingerprint density at radius 3 is 2.45 bits per heavy atom. The predicted molar refractivity (Wildman–Crippen MR) is 120 cm³/mol. The molecule has 4 aromatic rings. The van der Waals surface area contributed by atoms with Crippen LogP contribution in [0.2, 0.25) is 0 Å². The molecule has 31 heavy (non-hydrogen) atoms. The van der Waals surface area contributed by atoms with Gasteiger partial charge in [0.2, 0.25) is 0 Å². The predicted octanol–water partition coefficient (Wildman–Crippen LogP) is 4.52. The van der Waals surface area contributed by atoms with E-state index in [-0.39, 0.29) is 4.90 Å². The fraction of sp³-hybridized carbons (Fsp3) is 0.125. The van der Waals surface area contributed by atoms with Crippen LogP contribution in [0, 0.1) is 6.92 Å². The van der Waals surface area contributed by atoms with Crippen molar-refractivity contribution >= 4 is 27.0 Å². The summed E-state index contributed by atoms with van der Waals surface area (Å²) >= 11 is 0. The van der Waals surface area contributed by atoms with Gasteiger partial charge in [-0.2, -0.15) is 0 Å². The van der Waals surface area contributed by atoms with Gasteiger partial charge in [0, 0.05) is 18.1 Å². The number of aryl methyl sites for hydroxylation is 1. The highest BCUT2D eigenvalue weighted by Gasteiger charge is 2.18. The molecule has 0 bridgehead atoms. The van der Waals surface area contributed by atoms with E-state index in [9.17, 15) is 13.2 Å². The lowest BCUT2D eigenvalue weighted by Crippen LogP contribution is -2.28. The minimum Gasteiger partial charge on any atom is -0.410 e. The zero-order chi connectivity index (χ0) is 21.8. The molecular weight excluding hydrogens is 412 g/mol. The molecular formula is C24H22N2O4S. The van der Waals surface area contributed by atoms with Gasteiger partial charge in [0.25, 0.3) is 10.0 Å². The first-order valence-electron chi connectivity index (χ1n) is 9.86. The first kappa shape index (κ1) is 20.7. The van der Waals surface area contributed by atoms with Crippen LogP contribution in [0.15, 0.2) is 90.0 Å². The second-order valence-corrected chi connectivity index (χ2v) is 9.02. The molecule has 0 radical (unpaired) electrons. The van der Waals surface area contributed by atoms with Crippen LogP contribution in [0.1, 0.15) is 11.1 Å². The molecule has 4 rings (SSSR count). The lowest BCUT2D eigenvalue weighted by Gasteiger charge is -2.10. The number of ether oxygens (including phenoxy) is 1. The lowest BCUT2D eigenvalue weighted by atomic mass is 10.1. The number of para-hydroxylation sites is 1. The van der Waals surface area contributed by atoms with Gasteiger partial charge >= 0.3 is 6.09 Å². The molecule has 0 saturated carbocycles. The second-order valence-electron chi connectivity index (χ2n) is 7.20. The van der Waals surface area contributed by atoms with E-state index in [1.54, 1.807) is 60.8 Å². The molecule has 7 heteroatoms. The van der Waals surface area contributed by atoms with E-state index in [1.165, 1.54) is 3.97 Å². The topological polar surface area (TPSA) is 77.4 Å². The number of rotatable bonds is 6. The standard InChI is InChI=1S/C24H22N2O4S/c1-18-7-11-22(12-8-18)31(28,29)26-16-14-20-10-9-19(17-23(20)26)13-15-25-24(27)30-21-5-3-2-4-6-21/h2-12,14,16-17H,13,15H2,1H3,(H,25,27). The summed E-state index contributed by atoms with van der Waals surface area (Å²) in [6.45, 7) is 2.28. The van der Waals surface area contributed by atoms with Crippen LogP contribution in [0.5, 0.6) is 5.75 Å². The fourth-order valence-corrected chi connectivity index (χ4v) is 4.62. The van der Waals surface area contributed by atoms with Crippen molar-refractivity contribution in [2.24, 2.45) is 0 Å². The Balaban J connectivity index is 1.48. The summed E-state index contributed by atoms with van der Waals surface area (Å²) in [6.07, 6.45) is 1.58. The maximum atomic E-state index is 13.1. The van der Waals surface area contributed by atoms with Crippen molar-refractivity contribution in [3.8, 4) is 5.75 Å². The summed E-state index contributed by atoms with van der Waals surface area (Å²) in [7, 11) is -3.70. The third kappa shape index (κ3) is 4.62. The van der Waals surface area contributed by atoms with E-state index in [1.807, 2.05) is 31.2 Å². The van der Waals surface area contributed by atoms with Crippen molar-refractivity contribution in [2.45, 2.75) is 18.2 Å². The summed E-state index contributed by atoms with van der Waals surface area (Å²) in [5.41, 5.74) is 2.51. The third-order valence-electron chi connectivity index (χ3n) is 4.94. The number of fused-ring (bicyclic) bond motifs is 1. The average molecular weight is 435 g/mol. The zero-order valence-corrected chi connectivity index (χ0v) is 17.8. The number of amides is 1. The van der Waals surface area contributed by atoms with E-state index in [4.69, 9.17) is 4.74 Å². The molecule has 1 N–H and O–H groups in total. The number of carbonyl (C=O) groups excluding carboxylic acids is 1. The summed E-state index contributed by atoms with van der Waals surface area (Å²) in [5, 5.41) is 3.54. The molecule has 1 amide bonds. The third-order valence-corrected chi connectivity index (χ3v) is 6.64. The Bertz CT molecular complexity index is 1310. The Labute approximate surface area is 181 Å². The largest absolute Gasteiger partial charge is 0.412 e. The maximum absolute atomic E-state index is 13.1. The molecule has 0 spiro atoms. The molecule has 158 valence electrons. The van der Waals surface area contributed by atoms with Gasteiger partial charge in [-0.1, -0.05) is 48.0 Å². The minimum absolute atomic E-state index is 0.242. The van der Waals surface area contributed by atoms with Crippen LogP contribution >= 0.6 is 0 Å². The van der Waals surface area contributed by atoms with Crippen molar-refractivity contribution in [3.05, 3.63) is 96.2 Å². The second kappa shape index (κ2) is 8.65. The van der Waals surface area contributed by atoms with Gasteiger partial charge in [-0.3, -0.25) is 0 Å². The van der Waals surface area contributed by atoms with Crippen LogP contribution in [-0.2, 0) is 16.4 Å². The molecule has 6 nitrogen and oxygen atoms in total. The summed E-state index contributed by atoms with van der Waals surface area (Å²) in [4.78, 5) is 12.2. The Hall–Kier alpha value is -3.58. The van der Waals surface area contributed by atoms with E-state index in [0.717, 1.165) is 16.5 Å². The summed E-state index contributed by atoms with van der Waals surface area (Å²) in [6, 6.07) is 23.0. The molecule has 0 saturated heterocycles. The Morgan fingerprint density at radius 1 is 0.968 bits per heavy atom. The summed E-state index contributed by atoms with van der Waals surface area (Å²) in [5.74, 6) is 0.473. The average Bonchev–Trinajstić information content (AvgIpc) is 3.19. The molecule has 1 heterocycles. The van der Waals surface area contributed by atoms with E-state index < -0.39 is 16.1 Å². The molecule has 0 fully saturated rings. The van der Waals surface area contributed by atoms with Crippen molar-refractivity contribution in [3.63, 3.8) is 0 Å². The number of aromatic nitrogens is 1. The van der Waals surface area contributed by atoms with Crippen LogP contribution in [0.3, 0.4) is 0 Å². The van der Waals surface area contributed by atoms with Crippen LogP contribution < -0.4 is 10.1 Å². The lowest BCUT2D eigenvalue weighted by molar-refractivity contribution is 0.200. The normalized spacial score (nSPS) is 11.4. The van der Waals surface area contributed by atoms with E-state index >= 15 is 0 Å². The number of nitrogens with zero attached hydrogens (tertiary/aromatic N) is 1. The Morgan fingerprint density at radius 2 is 1.71 bits per heavy atom. The quantitative estimate of drug-likeness (QED) is 0.484. The molecule has 3 aromatic carbocycles. The highest BCUT2D eigenvalue weighted by atomic mass is 32.2. The van der Waals surface area contributed by atoms with Gasteiger partial charge in [0.1, 0.15) is 5.75 Å². The molecule has 0 aliphatic heterocycles. The van der Waals surface area contributed by atoms with E-state index in [0.29, 0.717) is 24.2 Å². The molecule has 0 atom stereocenters. The van der Waals surface area contributed by atoms with Crippen LogP contribution in [0.25, 0.3) is 10.9 Å². The smallest absolute Gasteiger partial charge is 0.410 e. The van der Waals surface area contributed by atoms with Gasteiger partial charge in [-0.05, 0) is 55.3 Å². The number of carbonyl (C=O) groups is 1.